The minimum Gasteiger partial charge on any atom is -0.396 e. The number of nitrogens with two attached hydrogens (primary N) is 1. The molecule has 0 spiro atoms. The van der Waals surface area contributed by atoms with Crippen LogP contribution in [0.1, 0.15) is 32.4 Å². The number of nitrogen functional groups attached to an aromatic ring is 1. The fourth-order valence-corrected chi connectivity index (χ4v) is 7.12. The number of nitrogens with one attached hydrogen (secondary N) is 2. The van der Waals surface area contributed by atoms with Crippen LogP contribution in [0.15, 0.2) is 6.07 Å². The summed E-state index contributed by atoms with van der Waals surface area (Å²) in [5, 5.41) is 7.31. The smallest absolute Gasteiger partial charge is 0.263 e. The maximum Gasteiger partial charge on any atom is 0.263 e. The molecule has 0 radical (unpaired) electrons. The van der Waals surface area contributed by atoms with E-state index in [1.165, 1.54) is 28.7 Å². The van der Waals surface area contributed by atoms with Crippen LogP contribution in [0.2, 0.25) is 0 Å². The highest BCUT2D eigenvalue weighted by Crippen LogP contribution is 2.37. The number of methoxy groups -OCH3 is 1. The number of ether oxygens (including phenoxy) is 1. The van der Waals surface area contributed by atoms with Gasteiger partial charge in [0, 0.05) is 55.5 Å². The lowest BCUT2D eigenvalue weighted by Gasteiger charge is -2.27. The van der Waals surface area contributed by atoms with Crippen LogP contribution in [0.4, 0.5) is 15.9 Å². The largest absolute Gasteiger partial charge is 0.396 e. The van der Waals surface area contributed by atoms with Crippen LogP contribution in [0.3, 0.4) is 0 Å². The molecule has 5 rings (SSSR count). The molecule has 3 atom stereocenters. The van der Waals surface area contributed by atoms with E-state index in [9.17, 15) is 4.79 Å². The monoisotopic (exact) mass is 504 g/mol. The Hall–Kier alpha value is -2.34. The minimum absolute atomic E-state index is 0.164. The molecule has 4 N–H and O–H groups in total. The fourth-order valence-electron chi connectivity index (χ4n) is 5.03. The van der Waals surface area contributed by atoms with E-state index in [4.69, 9.17) is 15.5 Å². The highest BCUT2D eigenvalue weighted by atomic mass is 32.1. The van der Waals surface area contributed by atoms with Gasteiger partial charge in [-0.15, -0.1) is 22.7 Å². The molecule has 1 aliphatic carbocycles. The van der Waals surface area contributed by atoms with Crippen molar-refractivity contribution < 1.29 is 13.9 Å². The van der Waals surface area contributed by atoms with Crippen LogP contribution in [-0.2, 0) is 17.6 Å². The predicted octanol–water partition coefficient (Wildman–Crippen LogP) is 2.74. The Morgan fingerprint density at radius 1 is 1.35 bits per heavy atom. The van der Waals surface area contributed by atoms with Gasteiger partial charge in [0.25, 0.3) is 5.91 Å². The molecule has 1 fully saturated rings. The molecule has 3 aromatic heterocycles. The molecule has 1 amide bonds. The Bertz CT molecular complexity index is 1230. The number of aromatic nitrogens is 2. The van der Waals surface area contributed by atoms with E-state index in [1.807, 2.05) is 14.0 Å². The van der Waals surface area contributed by atoms with Gasteiger partial charge in [-0.1, -0.05) is 0 Å². The first-order valence-electron chi connectivity index (χ1n) is 11.4. The van der Waals surface area contributed by atoms with Crippen LogP contribution in [-0.4, -0.2) is 61.8 Å². The molecule has 3 aromatic rings. The van der Waals surface area contributed by atoms with Crippen molar-refractivity contribution in [2.75, 3.05) is 44.5 Å². The number of likely N-dealkylation sites (N-methyl/N-ethyl adjacent to an activating group) is 1. The Labute approximate surface area is 205 Å². The van der Waals surface area contributed by atoms with E-state index >= 15 is 4.39 Å². The lowest BCUT2D eigenvalue weighted by molar-refractivity contribution is 0.0938. The van der Waals surface area contributed by atoms with E-state index in [0.29, 0.717) is 53.7 Å². The topological polar surface area (TPSA) is 105 Å². The van der Waals surface area contributed by atoms with Gasteiger partial charge in [0.1, 0.15) is 21.3 Å². The molecule has 11 heteroatoms. The fraction of sp³-hybridized carbons (Fsp3) is 0.522. The van der Waals surface area contributed by atoms with E-state index in [-0.39, 0.29) is 23.8 Å². The van der Waals surface area contributed by atoms with Crippen molar-refractivity contribution >= 4 is 49.6 Å². The number of thiazole rings is 1. The average molecular weight is 505 g/mol. The standard InChI is InChI=1S/C23H29FN6O2S2/c1-11-27-23-21(33-11)19(25)20(34-23)22(31)28-13-4-5-16-14(6-13)15(24)7-18(29-16)30-8-12(10-32-3)17(9-30)26-2/h7,12-13,17,26H,4-6,8-10,25H2,1-3H3,(H,28,31). The summed E-state index contributed by atoms with van der Waals surface area (Å²) in [6, 6.07) is 1.65. The van der Waals surface area contributed by atoms with Crippen molar-refractivity contribution in [2.45, 2.75) is 38.3 Å². The van der Waals surface area contributed by atoms with E-state index in [1.54, 1.807) is 7.11 Å². The zero-order valence-electron chi connectivity index (χ0n) is 19.5. The molecule has 182 valence electrons. The van der Waals surface area contributed by atoms with Crippen LogP contribution in [0.5, 0.6) is 0 Å². The van der Waals surface area contributed by atoms with E-state index in [2.05, 4.69) is 20.5 Å². The first-order chi connectivity index (χ1) is 16.4. The third-order valence-corrected chi connectivity index (χ3v) is 9.00. The third kappa shape index (κ3) is 4.26. The van der Waals surface area contributed by atoms with Gasteiger partial charge in [-0.05, 0) is 33.2 Å². The van der Waals surface area contributed by atoms with Crippen molar-refractivity contribution in [2.24, 2.45) is 5.92 Å². The lowest BCUT2D eigenvalue weighted by atomic mass is 9.91. The first-order valence-corrected chi connectivity index (χ1v) is 13.1. The van der Waals surface area contributed by atoms with Crippen LogP contribution >= 0.6 is 22.7 Å². The number of hydrogen-bond acceptors (Lipinski definition) is 9. The van der Waals surface area contributed by atoms with Crippen molar-refractivity contribution in [1.82, 2.24) is 20.6 Å². The summed E-state index contributed by atoms with van der Waals surface area (Å²) >= 11 is 2.80. The van der Waals surface area contributed by atoms with Gasteiger partial charge in [-0.2, -0.15) is 0 Å². The maximum absolute atomic E-state index is 15.2. The second kappa shape index (κ2) is 9.37. The zero-order valence-corrected chi connectivity index (χ0v) is 21.1. The second-order valence-corrected chi connectivity index (χ2v) is 11.2. The summed E-state index contributed by atoms with van der Waals surface area (Å²) in [5.41, 5.74) is 8.08. The molecule has 34 heavy (non-hydrogen) atoms. The van der Waals surface area contributed by atoms with Gasteiger partial charge in [0.05, 0.1) is 22.0 Å². The number of nitrogens with zero attached hydrogens (tertiary/aromatic N) is 3. The van der Waals surface area contributed by atoms with E-state index in [0.717, 1.165) is 33.3 Å². The number of thiophene rings is 1. The van der Waals surface area contributed by atoms with Crippen LogP contribution < -0.4 is 21.3 Å². The highest BCUT2D eigenvalue weighted by Gasteiger charge is 2.34. The molecular weight excluding hydrogens is 475 g/mol. The average Bonchev–Trinajstić information content (AvgIpc) is 3.48. The number of hydrogen-bond donors (Lipinski definition) is 3. The van der Waals surface area contributed by atoms with Crippen molar-refractivity contribution in [3.05, 3.63) is 33.0 Å². The summed E-state index contributed by atoms with van der Waals surface area (Å²) in [6.45, 7) is 4.11. The maximum atomic E-state index is 15.2. The number of amides is 1. The summed E-state index contributed by atoms with van der Waals surface area (Å²) in [4.78, 5) is 25.6. The van der Waals surface area contributed by atoms with Gasteiger partial charge in [0.15, 0.2) is 0 Å². The molecule has 8 nitrogen and oxygen atoms in total. The highest BCUT2D eigenvalue weighted by molar-refractivity contribution is 7.29. The molecule has 0 saturated carbocycles. The Morgan fingerprint density at radius 2 is 2.18 bits per heavy atom. The first kappa shape index (κ1) is 23.4. The SMILES string of the molecule is CNC1CN(c2cc(F)c3c(n2)CCC(NC(=O)c2sc4nc(C)sc4c2N)C3)CC1COC. The number of halogens is 1. The molecule has 1 saturated heterocycles. The summed E-state index contributed by atoms with van der Waals surface area (Å²) in [7, 11) is 3.64. The number of carbonyl (C=O) groups excluding carboxylic acids is 1. The number of aryl methyl sites for hydroxylation is 2. The van der Waals surface area contributed by atoms with Gasteiger partial charge in [-0.25, -0.2) is 14.4 Å². The number of anilines is 2. The number of rotatable bonds is 6. The Kier molecular flexibility index (Phi) is 6.45. The molecule has 0 aromatic carbocycles. The number of carbonyl (C=O) groups is 1. The summed E-state index contributed by atoms with van der Waals surface area (Å²) in [5.74, 6) is 0.524. The van der Waals surface area contributed by atoms with E-state index < -0.39 is 0 Å². The third-order valence-electron chi connectivity index (χ3n) is 6.77. The molecule has 0 bridgehead atoms. The normalized spacial score (nSPS) is 22.4. The quantitative estimate of drug-likeness (QED) is 0.474. The van der Waals surface area contributed by atoms with Gasteiger partial charge < -0.3 is 26.0 Å². The predicted molar refractivity (Wildman–Crippen MR) is 135 cm³/mol. The van der Waals surface area contributed by atoms with Gasteiger partial charge in [-0.3, -0.25) is 4.79 Å². The van der Waals surface area contributed by atoms with Gasteiger partial charge in [0.2, 0.25) is 0 Å². The summed E-state index contributed by atoms with van der Waals surface area (Å²) in [6.07, 6.45) is 1.74. The van der Waals surface area contributed by atoms with Gasteiger partial charge >= 0.3 is 0 Å². The Morgan fingerprint density at radius 3 is 2.91 bits per heavy atom. The number of pyridine rings is 1. The zero-order chi connectivity index (χ0) is 24.0. The van der Waals surface area contributed by atoms with Crippen LogP contribution in [0.25, 0.3) is 9.53 Å². The molecule has 2 aliphatic rings. The molecule has 4 heterocycles. The minimum atomic E-state index is -0.258. The molecular formula is C23H29FN6O2S2. The Balaban J connectivity index is 1.29. The summed E-state index contributed by atoms with van der Waals surface area (Å²) < 4.78 is 21.4. The van der Waals surface area contributed by atoms with Crippen molar-refractivity contribution in [3.63, 3.8) is 0 Å². The molecule has 1 aliphatic heterocycles. The van der Waals surface area contributed by atoms with Crippen molar-refractivity contribution in [3.8, 4) is 0 Å². The lowest BCUT2D eigenvalue weighted by Crippen LogP contribution is -2.39. The number of fused-ring (bicyclic) bond motifs is 2. The van der Waals surface area contributed by atoms with Crippen LogP contribution in [0, 0.1) is 18.7 Å². The van der Waals surface area contributed by atoms with Crippen molar-refractivity contribution in [1.29, 1.82) is 0 Å². The second-order valence-electron chi connectivity index (χ2n) is 9.03. The molecule has 3 unspecified atom stereocenters.